The largest absolute Gasteiger partial charge is 0.508 e. The van der Waals surface area contributed by atoms with Crippen LogP contribution in [0.25, 0.3) is 20.5 Å². The Morgan fingerprint density at radius 1 is 0.763 bits per heavy atom. The van der Waals surface area contributed by atoms with Gasteiger partial charge in [0.05, 0.1) is 11.1 Å². The van der Waals surface area contributed by atoms with Gasteiger partial charge in [-0.3, -0.25) is 39.1 Å². The van der Waals surface area contributed by atoms with Crippen molar-refractivity contribution in [3.05, 3.63) is 119 Å². The molecule has 0 radical (unpaired) electrons. The van der Waals surface area contributed by atoms with Crippen molar-refractivity contribution < 1.29 is 33.5 Å². The van der Waals surface area contributed by atoms with E-state index in [1.807, 2.05) is 36.4 Å². The highest BCUT2D eigenvalue weighted by Gasteiger charge is 2.45. The van der Waals surface area contributed by atoms with Crippen molar-refractivity contribution in [2.24, 2.45) is 0 Å². The highest BCUT2D eigenvalue weighted by molar-refractivity contribution is 7.22. The molecule has 4 amide bonds. The average Bonchev–Trinajstić information content (AvgIpc) is 3.74. The van der Waals surface area contributed by atoms with Crippen LogP contribution < -0.4 is 10.2 Å². The maximum absolute atomic E-state index is 14.0. The summed E-state index contributed by atoms with van der Waals surface area (Å²) >= 11 is 1.41. The predicted octanol–water partition coefficient (Wildman–Crippen LogP) is 6.44. The van der Waals surface area contributed by atoms with E-state index in [1.165, 1.54) is 23.5 Å². The van der Waals surface area contributed by atoms with Gasteiger partial charge in [-0.2, -0.15) is 0 Å². The SMILES string of the molecule is O=C1CCC(N2C(=O)c3ccc(C4CCN(CCCN5CCN(c6ccc(C(=O)c7c(-c8ccc(F)cc8)sc8cc(O)ccc78)cc6)CC5)CC4)cc3C2=O)C(=O)N1. The van der Waals surface area contributed by atoms with Crippen molar-refractivity contribution in [1.29, 1.82) is 0 Å². The number of aromatic hydroxyl groups is 1. The summed E-state index contributed by atoms with van der Waals surface area (Å²) in [7, 11) is 0. The Kier molecular flexibility index (Phi) is 10.6. The average molecular weight is 814 g/mol. The summed E-state index contributed by atoms with van der Waals surface area (Å²) in [4.78, 5) is 73.7. The Morgan fingerprint density at radius 2 is 1.46 bits per heavy atom. The summed E-state index contributed by atoms with van der Waals surface area (Å²) in [5, 5.41) is 13.1. The Morgan fingerprint density at radius 3 is 2.17 bits per heavy atom. The second-order valence-electron chi connectivity index (χ2n) is 15.9. The van der Waals surface area contributed by atoms with Crippen molar-refractivity contribution in [3.8, 4) is 16.2 Å². The van der Waals surface area contributed by atoms with Gasteiger partial charge in [0.15, 0.2) is 5.78 Å². The van der Waals surface area contributed by atoms with Gasteiger partial charge in [-0.05, 0) is 136 Å². The molecule has 0 aliphatic carbocycles. The molecule has 0 saturated carbocycles. The lowest BCUT2D eigenvalue weighted by molar-refractivity contribution is -0.136. The van der Waals surface area contributed by atoms with Gasteiger partial charge in [0.25, 0.3) is 11.8 Å². The molecule has 0 spiro atoms. The van der Waals surface area contributed by atoms with Gasteiger partial charge in [-0.25, -0.2) is 4.39 Å². The standard InChI is InChI=1S/C46H44FN5O6S/c47-32-7-2-30(3-8-32)43-41(36-13-11-34(53)27-39(36)59-43)42(55)29-4-9-33(10-5-29)51-24-22-50(23-25-51)19-1-18-49-20-16-28(17-21-49)31-6-12-35-37(26-31)46(58)52(45(35)57)38-14-15-40(54)48-44(38)56/h2-13,26-28,38,53H,1,14-25H2,(H,48,54,56). The third kappa shape index (κ3) is 7.66. The van der Waals surface area contributed by atoms with Gasteiger partial charge in [0.1, 0.15) is 17.6 Å². The number of phenols is 1. The first-order chi connectivity index (χ1) is 28.6. The van der Waals surface area contributed by atoms with Crippen LogP contribution in [0.15, 0.2) is 84.9 Å². The second-order valence-corrected chi connectivity index (χ2v) is 17.0. The number of phenolic OH excluding ortho intramolecular Hbond substituents is 1. The van der Waals surface area contributed by atoms with E-state index in [-0.39, 0.29) is 42.0 Å². The van der Waals surface area contributed by atoms with E-state index in [0.717, 1.165) is 108 Å². The molecule has 5 aromatic rings. The topological polar surface area (TPSA) is 131 Å². The first-order valence-electron chi connectivity index (χ1n) is 20.3. The molecular weight excluding hydrogens is 770 g/mol. The minimum atomic E-state index is -0.962. The van der Waals surface area contributed by atoms with Crippen molar-refractivity contribution in [1.82, 2.24) is 20.0 Å². The molecule has 1 atom stereocenters. The number of ketones is 1. The number of hydrogen-bond donors (Lipinski definition) is 2. The maximum Gasteiger partial charge on any atom is 0.262 e. The molecule has 5 heterocycles. The number of piperidine rings is 2. The molecule has 1 aromatic heterocycles. The minimum absolute atomic E-state index is 0.0968. The summed E-state index contributed by atoms with van der Waals surface area (Å²) in [5.41, 5.74) is 4.67. The number of hydrogen-bond acceptors (Lipinski definition) is 10. The number of amides is 4. The van der Waals surface area contributed by atoms with E-state index in [2.05, 4.69) is 20.0 Å². The molecule has 3 fully saturated rings. The smallest absolute Gasteiger partial charge is 0.262 e. The van der Waals surface area contributed by atoms with Crippen molar-refractivity contribution in [3.63, 3.8) is 0 Å². The van der Waals surface area contributed by atoms with Gasteiger partial charge >= 0.3 is 0 Å². The maximum atomic E-state index is 14.0. The number of benzene rings is 4. The lowest BCUT2D eigenvalue weighted by Crippen LogP contribution is -2.54. The molecule has 59 heavy (non-hydrogen) atoms. The summed E-state index contributed by atoms with van der Waals surface area (Å²) in [6.07, 6.45) is 3.24. The van der Waals surface area contributed by atoms with Crippen LogP contribution in [-0.2, 0) is 9.59 Å². The summed E-state index contributed by atoms with van der Waals surface area (Å²) in [6, 6.07) is 23.5. The van der Waals surface area contributed by atoms with Crippen molar-refractivity contribution >= 4 is 56.5 Å². The highest BCUT2D eigenvalue weighted by atomic mass is 32.1. The van der Waals surface area contributed by atoms with Crippen LogP contribution in [0.1, 0.15) is 80.2 Å². The fourth-order valence-electron chi connectivity index (χ4n) is 9.06. The molecule has 4 aliphatic rings. The van der Waals surface area contributed by atoms with Crippen molar-refractivity contribution in [2.45, 2.75) is 44.1 Å². The number of likely N-dealkylation sites (tertiary alicyclic amines) is 1. The van der Waals surface area contributed by atoms with Crippen LogP contribution in [0.2, 0.25) is 0 Å². The molecule has 4 aromatic carbocycles. The predicted molar refractivity (Wildman–Crippen MR) is 224 cm³/mol. The Bertz CT molecular complexity index is 2470. The molecule has 0 bridgehead atoms. The number of thiophene rings is 1. The van der Waals surface area contributed by atoms with Gasteiger partial charge in [0, 0.05) is 64.4 Å². The zero-order valence-electron chi connectivity index (χ0n) is 32.5. The third-order valence-electron chi connectivity index (χ3n) is 12.3. The van der Waals surface area contributed by atoms with Crippen LogP contribution in [0.5, 0.6) is 5.75 Å². The number of carbonyl (C=O) groups excluding carboxylic acids is 5. The first-order valence-corrected chi connectivity index (χ1v) is 21.1. The number of nitrogens with one attached hydrogen (secondary N) is 1. The molecule has 11 nitrogen and oxygen atoms in total. The Labute approximate surface area is 345 Å². The molecule has 3 saturated heterocycles. The fourth-order valence-corrected chi connectivity index (χ4v) is 10.3. The summed E-state index contributed by atoms with van der Waals surface area (Å²) in [6.45, 7) is 7.67. The zero-order valence-corrected chi connectivity index (χ0v) is 33.3. The number of anilines is 1. The Balaban J connectivity index is 0.744. The van der Waals surface area contributed by atoms with Crippen LogP contribution in [0, 0.1) is 5.82 Å². The quantitative estimate of drug-likeness (QED) is 0.121. The lowest BCUT2D eigenvalue weighted by Gasteiger charge is -2.37. The molecule has 4 aliphatic heterocycles. The normalized spacial score (nSPS) is 19.4. The van der Waals surface area contributed by atoms with Crippen LogP contribution >= 0.6 is 11.3 Å². The van der Waals surface area contributed by atoms with Gasteiger partial charge in [-0.1, -0.05) is 18.2 Å². The number of nitrogens with zero attached hydrogens (tertiary/aromatic N) is 4. The first kappa shape index (κ1) is 38.7. The molecule has 13 heteroatoms. The lowest BCUT2D eigenvalue weighted by atomic mass is 9.88. The van der Waals surface area contributed by atoms with E-state index < -0.39 is 23.8 Å². The van der Waals surface area contributed by atoms with Gasteiger partial charge in [-0.15, -0.1) is 11.3 Å². The van der Waals surface area contributed by atoms with Crippen LogP contribution in [-0.4, -0.2) is 108 Å². The number of fused-ring (bicyclic) bond motifs is 2. The molecule has 302 valence electrons. The molecule has 9 rings (SSSR count). The van der Waals surface area contributed by atoms with Gasteiger partial charge < -0.3 is 14.9 Å². The van der Waals surface area contributed by atoms with E-state index in [1.54, 1.807) is 36.4 Å². The zero-order chi connectivity index (χ0) is 40.8. The van der Waals surface area contributed by atoms with E-state index in [9.17, 15) is 33.5 Å². The van der Waals surface area contributed by atoms with Gasteiger partial charge in [0.2, 0.25) is 11.8 Å². The van der Waals surface area contributed by atoms with E-state index in [0.29, 0.717) is 22.3 Å². The van der Waals surface area contributed by atoms with E-state index >= 15 is 0 Å². The van der Waals surface area contributed by atoms with Crippen molar-refractivity contribution in [2.75, 3.05) is 57.3 Å². The van der Waals surface area contributed by atoms with E-state index in [4.69, 9.17) is 0 Å². The monoisotopic (exact) mass is 813 g/mol. The number of piperazine rings is 1. The number of halogens is 1. The number of rotatable bonds is 10. The molecular formula is C46H44FN5O6S. The highest BCUT2D eigenvalue weighted by Crippen LogP contribution is 2.41. The molecule has 2 N–H and O–H groups in total. The number of imide groups is 2. The second kappa shape index (κ2) is 16.1. The fraction of sp³-hybridized carbons (Fsp3) is 0.326. The number of carbonyl (C=O) groups is 5. The van der Waals surface area contributed by atoms with Crippen LogP contribution in [0.4, 0.5) is 10.1 Å². The van der Waals surface area contributed by atoms with Crippen LogP contribution in [0.3, 0.4) is 0 Å². The summed E-state index contributed by atoms with van der Waals surface area (Å²) in [5.74, 6) is -1.97. The Hall–Kier alpha value is -5.76. The third-order valence-corrected chi connectivity index (χ3v) is 13.5. The molecule has 1 unspecified atom stereocenters. The summed E-state index contributed by atoms with van der Waals surface area (Å²) < 4.78 is 14.5. The minimum Gasteiger partial charge on any atom is -0.508 e.